The highest BCUT2D eigenvalue weighted by molar-refractivity contribution is 5.36. The molecule has 0 aliphatic heterocycles. The highest BCUT2D eigenvalue weighted by Gasteiger charge is 1.99. The van der Waals surface area contributed by atoms with Crippen molar-refractivity contribution in [3.63, 3.8) is 0 Å². The summed E-state index contributed by atoms with van der Waals surface area (Å²) in [5.74, 6) is 0. The minimum Gasteiger partial charge on any atom is -0.391 e. The Balaban J connectivity index is 2.83. The van der Waals surface area contributed by atoms with Gasteiger partial charge in [0.15, 0.2) is 0 Å². The maximum atomic E-state index is 8.67. The number of benzene rings is 1. The standard InChI is InChI=1S/C9H8N2O/c1-11-12-7-9-5-3-2-4-8(9)6-10/h2-5H,1,7H2. The number of hydrogen-bond acceptors (Lipinski definition) is 3. The summed E-state index contributed by atoms with van der Waals surface area (Å²) in [6, 6.07) is 9.28. The van der Waals surface area contributed by atoms with Crippen molar-refractivity contribution < 1.29 is 4.84 Å². The molecule has 0 saturated carbocycles. The highest BCUT2D eigenvalue weighted by Crippen LogP contribution is 2.08. The van der Waals surface area contributed by atoms with Gasteiger partial charge in [-0.05, 0) is 6.07 Å². The lowest BCUT2D eigenvalue weighted by molar-refractivity contribution is 0.133. The molecular formula is C9H8N2O. The second kappa shape index (κ2) is 4.14. The Morgan fingerprint density at radius 1 is 1.50 bits per heavy atom. The topological polar surface area (TPSA) is 45.4 Å². The van der Waals surface area contributed by atoms with Crippen molar-refractivity contribution in [2.45, 2.75) is 6.61 Å². The van der Waals surface area contributed by atoms with Gasteiger partial charge in [0.2, 0.25) is 0 Å². The number of oxime groups is 1. The van der Waals surface area contributed by atoms with Crippen molar-refractivity contribution in [1.82, 2.24) is 0 Å². The summed E-state index contributed by atoms with van der Waals surface area (Å²) in [5.41, 5.74) is 1.44. The Kier molecular flexibility index (Phi) is 2.86. The van der Waals surface area contributed by atoms with Crippen molar-refractivity contribution in [1.29, 1.82) is 5.26 Å². The van der Waals surface area contributed by atoms with Crippen LogP contribution in [0.1, 0.15) is 11.1 Å². The molecule has 0 aliphatic rings. The summed E-state index contributed by atoms with van der Waals surface area (Å²) < 4.78 is 0. The summed E-state index contributed by atoms with van der Waals surface area (Å²) in [6.45, 7) is 3.47. The molecule has 0 unspecified atom stereocenters. The van der Waals surface area contributed by atoms with E-state index in [4.69, 9.17) is 10.1 Å². The zero-order chi connectivity index (χ0) is 8.81. The van der Waals surface area contributed by atoms with E-state index in [0.29, 0.717) is 12.2 Å². The molecule has 0 spiro atoms. The van der Waals surface area contributed by atoms with E-state index < -0.39 is 0 Å². The molecule has 0 bridgehead atoms. The van der Waals surface area contributed by atoms with Gasteiger partial charge < -0.3 is 4.84 Å². The van der Waals surface area contributed by atoms with Gasteiger partial charge in [-0.3, -0.25) is 0 Å². The molecule has 0 radical (unpaired) electrons. The Hall–Kier alpha value is -1.82. The van der Waals surface area contributed by atoms with Crippen molar-refractivity contribution in [2.75, 3.05) is 0 Å². The molecule has 60 valence electrons. The van der Waals surface area contributed by atoms with E-state index in [1.165, 1.54) is 0 Å². The molecule has 0 atom stereocenters. The molecule has 1 rings (SSSR count). The van der Waals surface area contributed by atoms with Crippen LogP contribution in [0.5, 0.6) is 0 Å². The predicted octanol–water partition coefficient (Wildman–Crippen LogP) is 1.69. The number of hydrogen-bond donors (Lipinski definition) is 0. The van der Waals surface area contributed by atoms with E-state index in [1.54, 1.807) is 6.07 Å². The molecule has 0 saturated heterocycles. The number of nitrogens with zero attached hydrogens (tertiary/aromatic N) is 2. The summed E-state index contributed by atoms with van der Waals surface area (Å²) >= 11 is 0. The van der Waals surface area contributed by atoms with Crippen LogP contribution in [-0.4, -0.2) is 6.72 Å². The van der Waals surface area contributed by atoms with E-state index in [-0.39, 0.29) is 0 Å². The van der Waals surface area contributed by atoms with Gasteiger partial charge in [0, 0.05) is 12.3 Å². The van der Waals surface area contributed by atoms with Crippen LogP contribution in [0, 0.1) is 11.3 Å². The third kappa shape index (κ3) is 1.83. The zero-order valence-corrected chi connectivity index (χ0v) is 6.53. The van der Waals surface area contributed by atoms with Crippen molar-refractivity contribution in [3.05, 3.63) is 35.4 Å². The summed E-state index contributed by atoms with van der Waals surface area (Å²) in [6.07, 6.45) is 0. The quantitative estimate of drug-likeness (QED) is 0.499. The molecular weight excluding hydrogens is 152 g/mol. The van der Waals surface area contributed by atoms with E-state index in [9.17, 15) is 0 Å². The lowest BCUT2D eigenvalue weighted by Crippen LogP contribution is -1.90. The van der Waals surface area contributed by atoms with E-state index in [1.807, 2.05) is 18.2 Å². The molecule has 3 nitrogen and oxygen atoms in total. The van der Waals surface area contributed by atoms with Crippen LogP contribution in [0.25, 0.3) is 0 Å². The predicted molar refractivity (Wildman–Crippen MR) is 45.5 cm³/mol. The minimum atomic E-state index is 0.299. The molecule has 0 heterocycles. The van der Waals surface area contributed by atoms with Gasteiger partial charge in [-0.25, -0.2) is 0 Å². The monoisotopic (exact) mass is 160 g/mol. The fourth-order valence-electron chi connectivity index (χ4n) is 0.870. The van der Waals surface area contributed by atoms with Gasteiger partial charge in [-0.1, -0.05) is 18.2 Å². The molecule has 0 amide bonds. The van der Waals surface area contributed by atoms with Gasteiger partial charge in [-0.2, -0.15) is 5.26 Å². The van der Waals surface area contributed by atoms with Crippen molar-refractivity contribution >= 4 is 6.72 Å². The summed E-state index contributed by atoms with van der Waals surface area (Å²) in [7, 11) is 0. The minimum absolute atomic E-state index is 0.299. The summed E-state index contributed by atoms with van der Waals surface area (Å²) in [5, 5.41) is 11.9. The maximum Gasteiger partial charge on any atom is 0.143 e. The third-order valence-electron chi connectivity index (χ3n) is 1.45. The molecule has 0 fully saturated rings. The fourth-order valence-corrected chi connectivity index (χ4v) is 0.870. The van der Waals surface area contributed by atoms with Gasteiger partial charge in [0.1, 0.15) is 6.61 Å². The zero-order valence-electron chi connectivity index (χ0n) is 6.53. The molecule has 0 aliphatic carbocycles. The number of rotatable bonds is 3. The first-order valence-corrected chi connectivity index (χ1v) is 3.44. The fraction of sp³-hybridized carbons (Fsp3) is 0.111. The molecule has 1 aromatic rings. The second-order valence-electron chi connectivity index (χ2n) is 2.17. The van der Waals surface area contributed by atoms with E-state index in [0.717, 1.165) is 5.56 Å². The second-order valence-corrected chi connectivity index (χ2v) is 2.17. The first-order chi connectivity index (χ1) is 5.88. The van der Waals surface area contributed by atoms with E-state index >= 15 is 0 Å². The van der Waals surface area contributed by atoms with Crippen molar-refractivity contribution in [3.8, 4) is 6.07 Å². The van der Waals surface area contributed by atoms with Crippen LogP contribution in [0.2, 0.25) is 0 Å². The SMILES string of the molecule is C=NOCc1ccccc1C#N. The van der Waals surface area contributed by atoms with Crippen LogP contribution >= 0.6 is 0 Å². The first-order valence-electron chi connectivity index (χ1n) is 3.44. The Morgan fingerprint density at radius 3 is 2.92 bits per heavy atom. The van der Waals surface area contributed by atoms with Crippen LogP contribution in [-0.2, 0) is 11.4 Å². The van der Waals surface area contributed by atoms with Gasteiger partial charge in [0.05, 0.1) is 11.6 Å². The van der Waals surface area contributed by atoms with Gasteiger partial charge in [-0.15, -0.1) is 5.16 Å². The van der Waals surface area contributed by atoms with Crippen LogP contribution in [0.15, 0.2) is 29.4 Å². The van der Waals surface area contributed by atoms with Gasteiger partial charge >= 0.3 is 0 Å². The van der Waals surface area contributed by atoms with E-state index in [2.05, 4.69) is 17.9 Å². The molecule has 1 aromatic carbocycles. The average Bonchev–Trinajstić information content (AvgIpc) is 2.15. The van der Waals surface area contributed by atoms with Crippen LogP contribution < -0.4 is 0 Å². The normalized spacial score (nSPS) is 8.58. The third-order valence-corrected chi connectivity index (χ3v) is 1.45. The average molecular weight is 160 g/mol. The largest absolute Gasteiger partial charge is 0.391 e. The van der Waals surface area contributed by atoms with Crippen LogP contribution in [0.4, 0.5) is 0 Å². The Labute approximate surface area is 70.9 Å². The lowest BCUT2D eigenvalue weighted by atomic mass is 10.1. The van der Waals surface area contributed by atoms with Crippen molar-refractivity contribution in [2.24, 2.45) is 5.16 Å². The Bertz CT molecular complexity index is 315. The molecule has 12 heavy (non-hydrogen) atoms. The number of nitriles is 1. The molecule has 0 aromatic heterocycles. The Morgan fingerprint density at radius 2 is 2.25 bits per heavy atom. The summed E-state index contributed by atoms with van der Waals surface area (Å²) in [4.78, 5) is 4.72. The first kappa shape index (κ1) is 8.28. The highest BCUT2D eigenvalue weighted by atomic mass is 16.6. The molecule has 0 N–H and O–H groups in total. The molecule has 3 heteroatoms. The lowest BCUT2D eigenvalue weighted by Gasteiger charge is -2.00. The van der Waals surface area contributed by atoms with Crippen LogP contribution in [0.3, 0.4) is 0 Å². The maximum absolute atomic E-state index is 8.67. The smallest absolute Gasteiger partial charge is 0.143 e. The van der Waals surface area contributed by atoms with Gasteiger partial charge in [0.25, 0.3) is 0 Å².